The van der Waals surface area contributed by atoms with Gasteiger partial charge in [-0.25, -0.2) is 8.78 Å². The molecule has 1 heterocycles. The Morgan fingerprint density at radius 3 is 2.41 bits per heavy atom. The third-order valence-electron chi connectivity index (χ3n) is 3.12. The van der Waals surface area contributed by atoms with Gasteiger partial charge in [0.05, 0.1) is 10.7 Å². The molecule has 0 N–H and O–H groups in total. The number of benzene rings is 2. The normalized spacial score (nSPS) is 10.9. The summed E-state index contributed by atoms with van der Waals surface area (Å²) < 4.78 is 34.2. The Hall–Kier alpha value is -2.05. The molecule has 112 valence electrons. The molecule has 0 amide bonds. The Morgan fingerprint density at radius 2 is 1.77 bits per heavy atom. The summed E-state index contributed by atoms with van der Waals surface area (Å²) in [4.78, 5) is -0.0474. The second-order valence-corrected chi connectivity index (χ2v) is 5.34. The summed E-state index contributed by atoms with van der Waals surface area (Å²) in [6.07, 6.45) is 0. The molecular formula is C15H9ClF2N2OS. The predicted molar refractivity (Wildman–Crippen MR) is 81.8 cm³/mol. The molecule has 0 radical (unpaired) electrons. The minimum atomic E-state index is -0.778. The Morgan fingerprint density at radius 1 is 1.14 bits per heavy atom. The largest absolute Gasteiger partial charge is 0.409 e. The van der Waals surface area contributed by atoms with E-state index in [1.165, 1.54) is 10.7 Å². The lowest BCUT2D eigenvalue weighted by molar-refractivity contribution is 0.525. The smallest absolute Gasteiger partial charge is 0.292 e. The van der Waals surface area contributed by atoms with Gasteiger partial charge in [-0.15, -0.1) is 5.10 Å². The Bertz CT molecular complexity index is 880. The lowest BCUT2D eigenvalue weighted by atomic mass is 10.2. The molecule has 1 aromatic heterocycles. The molecule has 3 nitrogen and oxygen atoms in total. The van der Waals surface area contributed by atoms with Gasteiger partial charge in [-0.1, -0.05) is 29.8 Å². The first-order valence-corrected chi connectivity index (χ1v) is 7.07. The number of hydrogen-bond donors (Lipinski definition) is 0. The zero-order valence-corrected chi connectivity index (χ0v) is 12.9. The fraction of sp³-hybridized carbons (Fsp3) is 0.0667. The topological polar surface area (TPSA) is 31.0 Å². The van der Waals surface area contributed by atoms with Gasteiger partial charge in [0.2, 0.25) is 0 Å². The molecule has 0 atom stereocenters. The van der Waals surface area contributed by atoms with Crippen LogP contribution in [0.3, 0.4) is 0 Å². The van der Waals surface area contributed by atoms with Gasteiger partial charge < -0.3 is 4.42 Å². The van der Waals surface area contributed by atoms with E-state index in [0.29, 0.717) is 10.7 Å². The Labute approximate surface area is 134 Å². The summed E-state index contributed by atoms with van der Waals surface area (Å²) in [6.45, 7) is 1.82. The van der Waals surface area contributed by atoms with Crippen molar-refractivity contribution in [1.29, 1.82) is 0 Å². The van der Waals surface area contributed by atoms with Gasteiger partial charge in [0.1, 0.15) is 17.2 Å². The van der Waals surface area contributed by atoms with Crippen molar-refractivity contribution in [1.82, 2.24) is 9.78 Å². The van der Waals surface area contributed by atoms with E-state index < -0.39 is 11.6 Å². The molecule has 0 fully saturated rings. The maximum absolute atomic E-state index is 13.8. The lowest BCUT2D eigenvalue weighted by Crippen LogP contribution is -2.01. The van der Waals surface area contributed by atoms with E-state index in [9.17, 15) is 8.78 Å². The molecule has 0 aliphatic rings. The van der Waals surface area contributed by atoms with Crippen molar-refractivity contribution in [2.45, 2.75) is 6.92 Å². The fourth-order valence-electron chi connectivity index (χ4n) is 2.11. The molecule has 0 aliphatic carbocycles. The van der Waals surface area contributed by atoms with Crippen molar-refractivity contribution in [3.63, 3.8) is 0 Å². The van der Waals surface area contributed by atoms with Gasteiger partial charge in [0.25, 0.3) is 10.7 Å². The molecule has 3 aromatic rings. The van der Waals surface area contributed by atoms with Crippen molar-refractivity contribution in [3.05, 3.63) is 63.5 Å². The van der Waals surface area contributed by atoms with E-state index in [1.807, 2.05) is 13.0 Å². The SMILES string of the molecule is Cc1cccc(Cl)c1-n1nc(-c2c(F)cccc2F)oc1=S. The molecule has 0 aliphatic heterocycles. The maximum Gasteiger partial charge on any atom is 0.292 e. The highest BCUT2D eigenvalue weighted by atomic mass is 35.5. The molecule has 2 aromatic carbocycles. The van der Waals surface area contributed by atoms with Gasteiger partial charge in [0.15, 0.2) is 0 Å². The Balaban J connectivity index is 2.23. The molecular weight excluding hydrogens is 330 g/mol. The number of aromatic nitrogens is 2. The molecule has 3 rings (SSSR count). The van der Waals surface area contributed by atoms with E-state index in [-0.39, 0.29) is 16.3 Å². The Kier molecular flexibility index (Phi) is 3.80. The van der Waals surface area contributed by atoms with Crippen LogP contribution in [-0.4, -0.2) is 9.78 Å². The summed E-state index contributed by atoms with van der Waals surface area (Å²) in [5.41, 5.74) is 0.954. The zero-order valence-electron chi connectivity index (χ0n) is 11.3. The first-order valence-electron chi connectivity index (χ1n) is 6.29. The molecule has 0 unspecified atom stereocenters. The highest BCUT2D eigenvalue weighted by Gasteiger charge is 2.19. The van der Waals surface area contributed by atoms with Crippen LogP contribution in [0.1, 0.15) is 5.56 Å². The van der Waals surface area contributed by atoms with Crippen LogP contribution < -0.4 is 0 Å². The number of halogens is 3. The van der Waals surface area contributed by atoms with E-state index in [0.717, 1.165) is 17.7 Å². The maximum atomic E-state index is 13.8. The number of rotatable bonds is 2. The van der Waals surface area contributed by atoms with Crippen molar-refractivity contribution >= 4 is 23.8 Å². The first kappa shape index (κ1) is 14.9. The highest BCUT2D eigenvalue weighted by molar-refractivity contribution is 7.71. The van der Waals surface area contributed by atoms with Crippen molar-refractivity contribution in [3.8, 4) is 17.1 Å². The van der Waals surface area contributed by atoms with Crippen LogP contribution in [0.25, 0.3) is 17.1 Å². The second kappa shape index (κ2) is 5.62. The summed E-state index contributed by atoms with van der Waals surface area (Å²) in [7, 11) is 0. The number of aryl methyl sites for hydroxylation is 1. The van der Waals surface area contributed by atoms with Gasteiger partial charge in [0, 0.05) is 0 Å². The van der Waals surface area contributed by atoms with E-state index >= 15 is 0 Å². The standard InChI is InChI=1S/C15H9ClF2N2OS/c1-8-4-2-5-9(16)13(8)20-15(22)21-14(19-20)12-10(17)6-3-7-11(12)18/h2-7H,1H3. The van der Waals surface area contributed by atoms with E-state index in [1.54, 1.807) is 12.1 Å². The molecule has 0 saturated heterocycles. The molecule has 0 spiro atoms. The summed E-state index contributed by atoms with van der Waals surface area (Å²) in [6, 6.07) is 8.78. The average Bonchev–Trinajstić information content (AvgIpc) is 2.80. The van der Waals surface area contributed by atoms with Crippen LogP contribution in [-0.2, 0) is 0 Å². The highest BCUT2D eigenvalue weighted by Crippen LogP contribution is 2.28. The van der Waals surface area contributed by atoms with Crippen LogP contribution >= 0.6 is 23.8 Å². The van der Waals surface area contributed by atoms with E-state index in [2.05, 4.69) is 5.10 Å². The van der Waals surface area contributed by atoms with Gasteiger partial charge >= 0.3 is 0 Å². The quantitative estimate of drug-likeness (QED) is 0.609. The number of para-hydroxylation sites is 1. The van der Waals surface area contributed by atoms with Crippen LogP contribution in [0.4, 0.5) is 8.78 Å². The first-order chi connectivity index (χ1) is 10.5. The van der Waals surface area contributed by atoms with Crippen molar-refractivity contribution in [2.75, 3.05) is 0 Å². The lowest BCUT2D eigenvalue weighted by Gasteiger charge is -2.06. The second-order valence-electron chi connectivity index (χ2n) is 4.59. The third-order valence-corrected chi connectivity index (χ3v) is 3.69. The van der Waals surface area contributed by atoms with Crippen LogP contribution in [0.5, 0.6) is 0 Å². The van der Waals surface area contributed by atoms with Crippen LogP contribution in [0.2, 0.25) is 5.02 Å². The summed E-state index contributed by atoms with van der Waals surface area (Å²) >= 11 is 11.2. The summed E-state index contributed by atoms with van der Waals surface area (Å²) in [5, 5.41) is 4.48. The number of nitrogens with zero attached hydrogens (tertiary/aromatic N) is 2. The predicted octanol–water partition coefficient (Wildman–Crippen LogP) is 5.10. The fourth-order valence-corrected chi connectivity index (χ4v) is 2.63. The van der Waals surface area contributed by atoms with Crippen LogP contribution in [0, 0.1) is 23.4 Å². The molecule has 22 heavy (non-hydrogen) atoms. The third kappa shape index (κ3) is 2.44. The van der Waals surface area contributed by atoms with Gasteiger partial charge in [-0.2, -0.15) is 4.68 Å². The minimum Gasteiger partial charge on any atom is -0.409 e. The zero-order chi connectivity index (χ0) is 15.9. The summed E-state index contributed by atoms with van der Waals surface area (Å²) in [5.74, 6) is -1.79. The van der Waals surface area contributed by atoms with Gasteiger partial charge in [-0.05, 0) is 42.9 Å². The molecule has 7 heteroatoms. The van der Waals surface area contributed by atoms with Crippen molar-refractivity contribution in [2.24, 2.45) is 0 Å². The monoisotopic (exact) mass is 338 g/mol. The minimum absolute atomic E-state index is 0.0474. The van der Waals surface area contributed by atoms with Gasteiger partial charge in [-0.3, -0.25) is 0 Å². The van der Waals surface area contributed by atoms with Crippen LogP contribution in [0.15, 0.2) is 40.8 Å². The van der Waals surface area contributed by atoms with Crippen molar-refractivity contribution < 1.29 is 13.2 Å². The molecule has 0 bridgehead atoms. The molecule has 0 saturated carbocycles. The number of hydrogen-bond acceptors (Lipinski definition) is 3. The van der Waals surface area contributed by atoms with E-state index in [4.69, 9.17) is 28.2 Å². The average molecular weight is 339 g/mol.